The summed E-state index contributed by atoms with van der Waals surface area (Å²) < 4.78 is 5.45. The van der Waals surface area contributed by atoms with Crippen molar-refractivity contribution in [3.05, 3.63) is 23.8 Å². The van der Waals surface area contributed by atoms with E-state index in [1.165, 1.54) is 5.56 Å². The van der Waals surface area contributed by atoms with Crippen molar-refractivity contribution in [2.24, 2.45) is 11.5 Å². The average Bonchev–Trinajstić information content (AvgIpc) is 2.36. The monoisotopic (exact) mass is 265 g/mol. The molecule has 108 valence electrons. The fourth-order valence-corrected chi connectivity index (χ4v) is 2.05. The second-order valence-corrected chi connectivity index (χ2v) is 6.01. The predicted molar refractivity (Wildman–Crippen MR) is 82.0 cm³/mol. The van der Waals surface area contributed by atoms with Crippen molar-refractivity contribution >= 4 is 5.69 Å². The van der Waals surface area contributed by atoms with Crippen LogP contribution in [-0.4, -0.2) is 33.3 Å². The Bertz CT molecular complexity index is 412. The summed E-state index contributed by atoms with van der Waals surface area (Å²) in [5, 5.41) is 0. The van der Waals surface area contributed by atoms with Crippen LogP contribution in [0.2, 0.25) is 0 Å². The molecular formula is C15H27N3O. The number of anilines is 1. The topological polar surface area (TPSA) is 64.5 Å². The first-order chi connectivity index (χ1) is 8.79. The van der Waals surface area contributed by atoms with Crippen LogP contribution in [0.5, 0.6) is 5.75 Å². The average molecular weight is 265 g/mol. The van der Waals surface area contributed by atoms with Crippen molar-refractivity contribution in [3.8, 4) is 5.75 Å². The van der Waals surface area contributed by atoms with E-state index in [9.17, 15) is 0 Å². The minimum atomic E-state index is -0.00908. The maximum atomic E-state index is 5.90. The van der Waals surface area contributed by atoms with Gasteiger partial charge in [0.1, 0.15) is 5.75 Å². The van der Waals surface area contributed by atoms with Crippen LogP contribution in [0.4, 0.5) is 5.69 Å². The number of rotatable bonds is 5. The summed E-state index contributed by atoms with van der Waals surface area (Å²) in [6.45, 7) is 7.78. The zero-order chi connectivity index (χ0) is 14.6. The van der Waals surface area contributed by atoms with Gasteiger partial charge in [-0.25, -0.2) is 0 Å². The molecule has 0 amide bonds. The molecule has 0 fully saturated rings. The molecule has 0 aliphatic carbocycles. The molecule has 1 aromatic rings. The summed E-state index contributed by atoms with van der Waals surface area (Å²) in [6.07, 6.45) is 0. The van der Waals surface area contributed by atoms with Crippen LogP contribution >= 0.6 is 0 Å². The van der Waals surface area contributed by atoms with Gasteiger partial charge in [-0.15, -0.1) is 0 Å². The van der Waals surface area contributed by atoms with Crippen molar-refractivity contribution in [2.75, 3.05) is 32.1 Å². The zero-order valence-electron chi connectivity index (χ0n) is 12.7. The maximum Gasteiger partial charge on any atom is 0.122 e. The summed E-state index contributed by atoms with van der Waals surface area (Å²) >= 11 is 0. The molecule has 0 aromatic heterocycles. The van der Waals surface area contributed by atoms with Crippen LogP contribution in [0, 0.1) is 0 Å². The molecule has 0 aliphatic rings. The van der Waals surface area contributed by atoms with Gasteiger partial charge in [0.2, 0.25) is 0 Å². The fourth-order valence-electron chi connectivity index (χ4n) is 2.05. The summed E-state index contributed by atoms with van der Waals surface area (Å²) in [5.74, 6) is 0.924. The minimum Gasteiger partial charge on any atom is -0.496 e. The highest BCUT2D eigenvalue weighted by atomic mass is 16.5. The molecule has 1 atom stereocenters. The van der Waals surface area contributed by atoms with E-state index in [0.717, 1.165) is 18.0 Å². The van der Waals surface area contributed by atoms with Gasteiger partial charge in [-0.1, -0.05) is 20.8 Å². The normalized spacial score (nSPS) is 13.2. The SMILES string of the molecule is COc1ccc(N(C)CC(N)CN)cc1C(C)(C)C. The molecule has 4 nitrogen and oxygen atoms in total. The summed E-state index contributed by atoms with van der Waals surface area (Å²) in [4.78, 5) is 2.13. The predicted octanol–water partition coefficient (Wildman–Crippen LogP) is 1.71. The number of benzene rings is 1. The van der Waals surface area contributed by atoms with E-state index < -0.39 is 0 Å². The lowest BCUT2D eigenvalue weighted by molar-refractivity contribution is 0.397. The van der Waals surface area contributed by atoms with E-state index in [1.807, 2.05) is 13.1 Å². The minimum absolute atomic E-state index is 0.00908. The lowest BCUT2D eigenvalue weighted by atomic mass is 9.86. The van der Waals surface area contributed by atoms with Gasteiger partial charge in [-0.05, 0) is 23.6 Å². The molecule has 0 bridgehead atoms. The third-order valence-electron chi connectivity index (χ3n) is 3.24. The van der Waals surface area contributed by atoms with Crippen molar-refractivity contribution in [1.29, 1.82) is 0 Å². The molecule has 0 radical (unpaired) electrons. The standard InChI is InChI=1S/C15H27N3O/c1-15(2,3)13-8-12(6-7-14(13)19-5)18(4)10-11(17)9-16/h6-8,11H,9-10,16-17H2,1-5H3. The van der Waals surface area contributed by atoms with Gasteiger partial charge in [-0.2, -0.15) is 0 Å². The summed E-state index contributed by atoms with van der Waals surface area (Å²) in [7, 11) is 3.74. The van der Waals surface area contributed by atoms with Gasteiger partial charge in [-0.3, -0.25) is 0 Å². The quantitative estimate of drug-likeness (QED) is 0.851. The Balaban J connectivity index is 3.04. The molecular weight excluding hydrogens is 238 g/mol. The number of nitrogens with two attached hydrogens (primary N) is 2. The molecule has 19 heavy (non-hydrogen) atoms. The molecule has 4 N–H and O–H groups in total. The van der Waals surface area contributed by atoms with Gasteiger partial charge in [0.15, 0.2) is 0 Å². The molecule has 1 unspecified atom stereocenters. The first kappa shape index (κ1) is 15.8. The van der Waals surface area contributed by atoms with Gasteiger partial charge < -0.3 is 21.1 Å². The largest absolute Gasteiger partial charge is 0.496 e. The van der Waals surface area contributed by atoms with Crippen molar-refractivity contribution in [3.63, 3.8) is 0 Å². The van der Waals surface area contributed by atoms with Crippen LogP contribution in [-0.2, 0) is 5.41 Å². The van der Waals surface area contributed by atoms with E-state index >= 15 is 0 Å². The molecule has 0 heterocycles. The van der Waals surface area contributed by atoms with E-state index in [4.69, 9.17) is 16.2 Å². The summed E-state index contributed by atoms with van der Waals surface area (Å²) in [5.41, 5.74) is 13.8. The highest BCUT2D eigenvalue weighted by molar-refractivity contribution is 5.54. The molecule has 1 rings (SSSR count). The number of nitrogens with zero attached hydrogens (tertiary/aromatic N) is 1. The molecule has 0 spiro atoms. The van der Waals surface area contributed by atoms with Gasteiger partial charge in [0.05, 0.1) is 7.11 Å². The summed E-state index contributed by atoms with van der Waals surface area (Å²) in [6, 6.07) is 6.23. The maximum absolute atomic E-state index is 5.90. The number of hydrogen-bond acceptors (Lipinski definition) is 4. The van der Waals surface area contributed by atoms with Gasteiger partial charge in [0, 0.05) is 37.4 Å². The van der Waals surface area contributed by atoms with Crippen molar-refractivity contribution in [1.82, 2.24) is 0 Å². The number of methoxy groups -OCH3 is 1. The van der Waals surface area contributed by atoms with E-state index in [1.54, 1.807) is 7.11 Å². The highest BCUT2D eigenvalue weighted by Crippen LogP contribution is 2.34. The van der Waals surface area contributed by atoms with Crippen molar-refractivity contribution < 1.29 is 4.74 Å². The third kappa shape index (κ3) is 4.11. The van der Waals surface area contributed by atoms with Crippen LogP contribution in [0.15, 0.2) is 18.2 Å². The molecule has 0 aliphatic heterocycles. The van der Waals surface area contributed by atoms with Crippen molar-refractivity contribution in [2.45, 2.75) is 32.2 Å². The number of ether oxygens (including phenoxy) is 1. The smallest absolute Gasteiger partial charge is 0.122 e. The Labute approximate surface area is 116 Å². The highest BCUT2D eigenvalue weighted by Gasteiger charge is 2.20. The van der Waals surface area contributed by atoms with Gasteiger partial charge >= 0.3 is 0 Å². The van der Waals surface area contributed by atoms with Crippen LogP contribution < -0.4 is 21.1 Å². The fraction of sp³-hybridized carbons (Fsp3) is 0.600. The Morgan fingerprint density at radius 2 is 1.95 bits per heavy atom. The first-order valence-electron chi connectivity index (χ1n) is 6.65. The molecule has 0 saturated carbocycles. The molecule has 1 aromatic carbocycles. The Hall–Kier alpha value is -1.26. The Morgan fingerprint density at radius 3 is 2.42 bits per heavy atom. The number of hydrogen-bond donors (Lipinski definition) is 2. The lowest BCUT2D eigenvalue weighted by Gasteiger charge is -2.27. The second-order valence-electron chi connectivity index (χ2n) is 6.01. The van der Waals surface area contributed by atoms with Gasteiger partial charge in [0.25, 0.3) is 0 Å². The second kappa shape index (κ2) is 6.26. The lowest BCUT2D eigenvalue weighted by Crippen LogP contribution is -2.40. The Morgan fingerprint density at radius 1 is 1.32 bits per heavy atom. The van der Waals surface area contributed by atoms with Crippen LogP contribution in [0.3, 0.4) is 0 Å². The van der Waals surface area contributed by atoms with E-state index in [2.05, 4.69) is 37.8 Å². The molecule has 0 saturated heterocycles. The van der Waals surface area contributed by atoms with E-state index in [0.29, 0.717) is 6.54 Å². The Kier molecular flexibility index (Phi) is 5.20. The molecule has 4 heteroatoms. The van der Waals surface area contributed by atoms with E-state index in [-0.39, 0.29) is 11.5 Å². The third-order valence-corrected chi connectivity index (χ3v) is 3.24. The van der Waals surface area contributed by atoms with Crippen LogP contribution in [0.25, 0.3) is 0 Å². The number of likely N-dealkylation sites (N-methyl/N-ethyl adjacent to an activating group) is 1. The first-order valence-corrected chi connectivity index (χ1v) is 6.65. The van der Waals surface area contributed by atoms with Crippen LogP contribution in [0.1, 0.15) is 26.3 Å². The zero-order valence-corrected chi connectivity index (χ0v) is 12.7.